The normalized spacial score (nSPS) is 29.8. The Morgan fingerprint density at radius 3 is 3.00 bits per heavy atom. The number of nitrogens with zero attached hydrogens (tertiary/aromatic N) is 3. The van der Waals surface area contributed by atoms with Crippen LogP contribution in [0.3, 0.4) is 0 Å². The van der Waals surface area contributed by atoms with Gasteiger partial charge in [0.2, 0.25) is 0 Å². The van der Waals surface area contributed by atoms with Gasteiger partial charge >= 0.3 is 5.97 Å². The van der Waals surface area contributed by atoms with Crippen LogP contribution in [-0.2, 0) is 4.79 Å². The topological polar surface area (TPSA) is 66.3 Å². The van der Waals surface area contributed by atoms with E-state index in [1.165, 1.54) is 0 Å². The van der Waals surface area contributed by atoms with E-state index in [2.05, 4.69) is 14.9 Å². The SMILES string of the molecule is CSc1cc(N2C3CCC2C(C(=O)O)C3)ncn1. The number of carbonyl (C=O) groups is 1. The average Bonchev–Trinajstić information content (AvgIpc) is 2.96. The molecular formula is C12H15N3O2S. The molecule has 2 aliphatic heterocycles. The van der Waals surface area contributed by atoms with E-state index < -0.39 is 5.97 Å². The molecule has 0 amide bonds. The molecule has 3 heterocycles. The Labute approximate surface area is 110 Å². The van der Waals surface area contributed by atoms with E-state index in [4.69, 9.17) is 0 Å². The van der Waals surface area contributed by atoms with Crippen LogP contribution in [0.1, 0.15) is 19.3 Å². The molecule has 0 radical (unpaired) electrons. The minimum Gasteiger partial charge on any atom is -0.481 e. The summed E-state index contributed by atoms with van der Waals surface area (Å²) in [5.41, 5.74) is 0. The van der Waals surface area contributed by atoms with Crippen LogP contribution >= 0.6 is 11.8 Å². The number of fused-ring (bicyclic) bond motifs is 2. The average molecular weight is 265 g/mol. The maximum atomic E-state index is 11.2. The fourth-order valence-corrected chi connectivity index (χ4v) is 3.57. The van der Waals surface area contributed by atoms with Crippen molar-refractivity contribution in [1.29, 1.82) is 0 Å². The predicted molar refractivity (Wildman–Crippen MR) is 68.8 cm³/mol. The van der Waals surface area contributed by atoms with Gasteiger partial charge in [-0.1, -0.05) is 0 Å². The monoisotopic (exact) mass is 265 g/mol. The highest BCUT2D eigenvalue weighted by atomic mass is 32.2. The molecule has 1 N–H and O–H groups in total. The lowest BCUT2D eigenvalue weighted by molar-refractivity contribution is -0.142. The van der Waals surface area contributed by atoms with Gasteiger partial charge in [0.25, 0.3) is 0 Å². The van der Waals surface area contributed by atoms with Crippen molar-refractivity contribution in [3.8, 4) is 0 Å². The molecule has 0 aliphatic carbocycles. The molecule has 2 aliphatic rings. The predicted octanol–water partition coefficient (Wildman–Crippen LogP) is 1.64. The fraction of sp³-hybridized carbons (Fsp3) is 0.583. The molecule has 3 atom stereocenters. The molecule has 1 aromatic rings. The summed E-state index contributed by atoms with van der Waals surface area (Å²) in [7, 11) is 0. The van der Waals surface area contributed by atoms with Gasteiger partial charge < -0.3 is 10.0 Å². The third-order valence-electron chi connectivity index (χ3n) is 3.96. The Hall–Kier alpha value is -1.30. The summed E-state index contributed by atoms with van der Waals surface area (Å²) in [5.74, 6) is -0.0339. The van der Waals surface area contributed by atoms with Crippen molar-refractivity contribution in [1.82, 2.24) is 9.97 Å². The third-order valence-corrected chi connectivity index (χ3v) is 4.60. The Kier molecular flexibility index (Phi) is 2.89. The van der Waals surface area contributed by atoms with Crippen molar-refractivity contribution in [2.75, 3.05) is 11.2 Å². The molecular weight excluding hydrogens is 250 g/mol. The molecule has 2 fully saturated rings. The molecule has 6 heteroatoms. The van der Waals surface area contributed by atoms with Gasteiger partial charge in [0.15, 0.2) is 0 Å². The van der Waals surface area contributed by atoms with Crippen molar-refractivity contribution >= 4 is 23.5 Å². The highest BCUT2D eigenvalue weighted by Crippen LogP contribution is 2.44. The molecule has 96 valence electrons. The van der Waals surface area contributed by atoms with Crippen molar-refractivity contribution in [3.05, 3.63) is 12.4 Å². The van der Waals surface area contributed by atoms with E-state index in [9.17, 15) is 9.90 Å². The number of anilines is 1. The number of rotatable bonds is 3. The molecule has 0 spiro atoms. The van der Waals surface area contributed by atoms with Gasteiger partial charge in [0.1, 0.15) is 17.2 Å². The van der Waals surface area contributed by atoms with Crippen LogP contribution in [0, 0.1) is 5.92 Å². The number of hydrogen-bond acceptors (Lipinski definition) is 5. The van der Waals surface area contributed by atoms with Crippen LogP contribution in [0.15, 0.2) is 17.4 Å². The van der Waals surface area contributed by atoms with Crippen LogP contribution in [0.25, 0.3) is 0 Å². The number of carboxylic acids is 1. The van der Waals surface area contributed by atoms with Gasteiger partial charge in [-0.25, -0.2) is 9.97 Å². The minimum atomic E-state index is -0.675. The highest BCUT2D eigenvalue weighted by molar-refractivity contribution is 7.98. The van der Waals surface area contributed by atoms with Gasteiger partial charge in [-0.05, 0) is 25.5 Å². The minimum absolute atomic E-state index is 0.108. The lowest BCUT2D eigenvalue weighted by Gasteiger charge is -2.24. The molecule has 3 rings (SSSR count). The molecule has 5 nitrogen and oxygen atoms in total. The van der Waals surface area contributed by atoms with Crippen LogP contribution in [0.4, 0.5) is 5.82 Å². The fourth-order valence-electron chi connectivity index (χ4n) is 3.19. The lowest BCUT2D eigenvalue weighted by atomic mass is 9.89. The second-order valence-corrected chi connectivity index (χ2v) is 5.63. The first-order valence-corrected chi connectivity index (χ1v) is 7.30. The van der Waals surface area contributed by atoms with Crippen molar-refractivity contribution < 1.29 is 9.90 Å². The molecule has 3 unspecified atom stereocenters. The molecule has 18 heavy (non-hydrogen) atoms. The second-order valence-electron chi connectivity index (χ2n) is 4.80. The summed E-state index contributed by atoms with van der Waals surface area (Å²) in [6.07, 6.45) is 6.32. The zero-order valence-electron chi connectivity index (χ0n) is 10.1. The van der Waals surface area contributed by atoms with E-state index in [0.717, 1.165) is 30.1 Å². The van der Waals surface area contributed by atoms with E-state index in [1.807, 2.05) is 12.3 Å². The first-order valence-electron chi connectivity index (χ1n) is 6.08. The Bertz CT molecular complexity index is 482. The van der Waals surface area contributed by atoms with E-state index >= 15 is 0 Å². The molecule has 0 saturated carbocycles. The van der Waals surface area contributed by atoms with E-state index in [1.54, 1.807) is 18.1 Å². The summed E-state index contributed by atoms with van der Waals surface area (Å²) >= 11 is 1.58. The maximum absolute atomic E-state index is 11.2. The Morgan fingerprint density at radius 1 is 1.50 bits per heavy atom. The van der Waals surface area contributed by atoms with Gasteiger partial charge in [-0.3, -0.25) is 4.79 Å². The maximum Gasteiger partial charge on any atom is 0.308 e. The number of thioether (sulfide) groups is 1. The van der Waals surface area contributed by atoms with Gasteiger partial charge in [-0.15, -0.1) is 11.8 Å². The quantitative estimate of drug-likeness (QED) is 0.662. The zero-order chi connectivity index (χ0) is 12.7. The molecule has 0 aromatic carbocycles. The third kappa shape index (κ3) is 1.75. The Morgan fingerprint density at radius 2 is 2.33 bits per heavy atom. The molecule has 2 bridgehead atoms. The summed E-state index contributed by atoms with van der Waals surface area (Å²) in [6, 6.07) is 2.40. The van der Waals surface area contributed by atoms with Crippen molar-refractivity contribution in [3.63, 3.8) is 0 Å². The van der Waals surface area contributed by atoms with Crippen molar-refractivity contribution in [2.24, 2.45) is 5.92 Å². The largest absolute Gasteiger partial charge is 0.481 e. The highest BCUT2D eigenvalue weighted by Gasteiger charge is 2.49. The van der Waals surface area contributed by atoms with Crippen LogP contribution in [-0.4, -0.2) is 39.4 Å². The van der Waals surface area contributed by atoms with Crippen LogP contribution < -0.4 is 4.90 Å². The van der Waals surface area contributed by atoms with Gasteiger partial charge in [0.05, 0.1) is 5.92 Å². The van der Waals surface area contributed by atoms with E-state index in [0.29, 0.717) is 6.04 Å². The number of hydrogen-bond donors (Lipinski definition) is 1. The van der Waals surface area contributed by atoms with Crippen molar-refractivity contribution in [2.45, 2.75) is 36.4 Å². The molecule has 2 saturated heterocycles. The standard InChI is InChI=1S/C12H15N3O2S/c1-18-11-5-10(13-6-14-11)15-7-2-3-9(15)8(4-7)12(16)17/h5-9H,2-4H2,1H3,(H,16,17). The first kappa shape index (κ1) is 11.8. The summed E-state index contributed by atoms with van der Waals surface area (Å²) < 4.78 is 0. The Balaban J connectivity index is 1.91. The number of aliphatic carboxylic acids is 1. The van der Waals surface area contributed by atoms with Crippen LogP contribution in [0.2, 0.25) is 0 Å². The zero-order valence-corrected chi connectivity index (χ0v) is 10.9. The number of aromatic nitrogens is 2. The van der Waals surface area contributed by atoms with Gasteiger partial charge in [-0.2, -0.15) is 0 Å². The van der Waals surface area contributed by atoms with Gasteiger partial charge in [0, 0.05) is 18.2 Å². The summed E-state index contributed by atoms with van der Waals surface area (Å²) in [5, 5.41) is 10.2. The summed E-state index contributed by atoms with van der Waals surface area (Å²) in [6.45, 7) is 0. The smallest absolute Gasteiger partial charge is 0.308 e. The summed E-state index contributed by atoms with van der Waals surface area (Å²) in [4.78, 5) is 21.9. The number of carboxylic acid groups (broad SMARTS) is 1. The molecule has 1 aromatic heterocycles. The first-order chi connectivity index (χ1) is 8.70. The van der Waals surface area contributed by atoms with Crippen LogP contribution in [0.5, 0.6) is 0 Å². The lowest BCUT2D eigenvalue weighted by Crippen LogP contribution is -2.33. The second kappa shape index (κ2) is 4.42. The van der Waals surface area contributed by atoms with E-state index in [-0.39, 0.29) is 12.0 Å².